The molecule has 0 saturated carbocycles. The summed E-state index contributed by atoms with van der Waals surface area (Å²) < 4.78 is 4.58. The molecule has 1 rings (SSSR count). The Morgan fingerprint density at radius 2 is 1.83 bits per heavy atom. The normalized spacial score (nSPS) is 11.0. The Morgan fingerprint density at radius 3 is 2.52 bits per heavy atom. The number of ether oxygens (including phenoxy) is 1. The highest BCUT2D eigenvalue weighted by molar-refractivity contribution is 5.87. The van der Waals surface area contributed by atoms with Crippen LogP contribution in [0.5, 0.6) is 0 Å². The molecule has 0 saturated heterocycles. The third-order valence-electron chi connectivity index (χ3n) is 3.42. The molecular formula is C19H25NO3. The lowest BCUT2D eigenvalue weighted by atomic mass is 10.2. The number of esters is 1. The van der Waals surface area contributed by atoms with Gasteiger partial charge in [-0.25, -0.2) is 0 Å². The number of hydrogen-bond acceptors (Lipinski definition) is 3. The second-order valence-electron chi connectivity index (χ2n) is 5.28. The van der Waals surface area contributed by atoms with Crippen molar-refractivity contribution in [2.45, 2.75) is 25.7 Å². The molecule has 4 nitrogen and oxygen atoms in total. The highest BCUT2D eigenvalue weighted by Gasteiger charge is 2.04. The molecule has 1 amide bonds. The van der Waals surface area contributed by atoms with Crippen LogP contribution in [0, 0.1) is 0 Å². The molecular weight excluding hydrogens is 290 g/mol. The Balaban J connectivity index is 2.21. The van der Waals surface area contributed by atoms with E-state index in [9.17, 15) is 9.59 Å². The van der Waals surface area contributed by atoms with Crippen LogP contribution in [0.4, 0.5) is 0 Å². The zero-order chi connectivity index (χ0) is 16.9. The first-order chi connectivity index (χ1) is 11.1. The van der Waals surface area contributed by atoms with E-state index in [1.807, 2.05) is 42.5 Å². The van der Waals surface area contributed by atoms with Crippen LogP contribution in [-0.4, -0.2) is 37.5 Å². The van der Waals surface area contributed by atoms with Crippen molar-refractivity contribution in [3.8, 4) is 0 Å². The fraction of sp³-hybridized carbons (Fsp3) is 0.368. The van der Waals surface area contributed by atoms with E-state index < -0.39 is 0 Å². The molecule has 124 valence electrons. The van der Waals surface area contributed by atoms with Crippen LogP contribution >= 0.6 is 0 Å². The number of hydrogen-bond donors (Lipinski definition) is 0. The second-order valence-corrected chi connectivity index (χ2v) is 5.28. The van der Waals surface area contributed by atoms with Crippen molar-refractivity contribution in [1.82, 2.24) is 4.90 Å². The number of methoxy groups -OCH3 is 1. The summed E-state index contributed by atoms with van der Waals surface area (Å²) in [6, 6.07) is 9.93. The maximum absolute atomic E-state index is 11.9. The topological polar surface area (TPSA) is 46.6 Å². The maximum atomic E-state index is 11.9. The number of rotatable bonds is 9. The van der Waals surface area contributed by atoms with Crippen LogP contribution in [0.2, 0.25) is 0 Å². The Labute approximate surface area is 138 Å². The van der Waals surface area contributed by atoms with Gasteiger partial charge >= 0.3 is 5.97 Å². The molecule has 0 unspecified atom stereocenters. The molecule has 0 N–H and O–H groups in total. The minimum Gasteiger partial charge on any atom is -0.469 e. The molecule has 23 heavy (non-hydrogen) atoms. The molecule has 0 aliphatic heterocycles. The minimum atomic E-state index is -0.178. The first-order valence-corrected chi connectivity index (χ1v) is 7.85. The molecule has 0 atom stereocenters. The molecule has 0 aliphatic carbocycles. The van der Waals surface area contributed by atoms with Gasteiger partial charge in [-0.1, -0.05) is 55.0 Å². The summed E-state index contributed by atoms with van der Waals surface area (Å²) in [5.74, 6) is -0.196. The lowest BCUT2D eigenvalue weighted by Gasteiger charge is -2.14. The van der Waals surface area contributed by atoms with E-state index in [0.29, 0.717) is 13.0 Å². The van der Waals surface area contributed by atoms with Crippen molar-refractivity contribution in [3.05, 3.63) is 54.1 Å². The summed E-state index contributed by atoms with van der Waals surface area (Å²) in [6.07, 6.45) is 10.2. The molecule has 0 fully saturated rings. The molecule has 0 heterocycles. The van der Waals surface area contributed by atoms with Gasteiger partial charge in [0, 0.05) is 26.1 Å². The van der Waals surface area contributed by atoms with Gasteiger partial charge in [0.1, 0.15) is 0 Å². The number of carbonyl (C=O) groups excluding carboxylic acids is 2. The summed E-state index contributed by atoms with van der Waals surface area (Å²) in [5.41, 5.74) is 1.10. The summed E-state index contributed by atoms with van der Waals surface area (Å²) in [5, 5.41) is 0. The van der Waals surface area contributed by atoms with Gasteiger partial charge in [-0.2, -0.15) is 0 Å². The zero-order valence-corrected chi connectivity index (χ0v) is 13.9. The zero-order valence-electron chi connectivity index (χ0n) is 13.9. The summed E-state index contributed by atoms with van der Waals surface area (Å²) in [7, 11) is 3.18. The lowest BCUT2D eigenvalue weighted by molar-refractivity contribution is -0.140. The minimum absolute atomic E-state index is 0.0179. The second kappa shape index (κ2) is 11.2. The van der Waals surface area contributed by atoms with Gasteiger partial charge < -0.3 is 9.64 Å². The van der Waals surface area contributed by atoms with Gasteiger partial charge in [0.25, 0.3) is 0 Å². The van der Waals surface area contributed by atoms with Gasteiger partial charge in [0.15, 0.2) is 0 Å². The number of amides is 1. The van der Waals surface area contributed by atoms with Crippen LogP contribution in [0.1, 0.15) is 31.2 Å². The van der Waals surface area contributed by atoms with E-state index in [1.54, 1.807) is 24.1 Å². The Morgan fingerprint density at radius 1 is 1.09 bits per heavy atom. The highest BCUT2D eigenvalue weighted by atomic mass is 16.5. The summed E-state index contributed by atoms with van der Waals surface area (Å²) in [4.78, 5) is 24.6. The molecule has 4 heteroatoms. The monoisotopic (exact) mass is 315 g/mol. The maximum Gasteiger partial charge on any atom is 0.305 e. The van der Waals surface area contributed by atoms with Gasteiger partial charge in [-0.15, -0.1) is 0 Å². The number of nitrogens with zero attached hydrogens (tertiary/aromatic N) is 1. The number of unbranched alkanes of at least 4 members (excludes halogenated alkanes) is 2. The lowest BCUT2D eigenvalue weighted by Crippen LogP contribution is -2.25. The molecule has 0 radical (unpaired) electrons. The van der Waals surface area contributed by atoms with E-state index in [2.05, 4.69) is 4.74 Å². The van der Waals surface area contributed by atoms with E-state index in [-0.39, 0.29) is 11.9 Å². The number of allylic oxidation sites excluding steroid dienone is 2. The number of benzene rings is 1. The van der Waals surface area contributed by atoms with Crippen LogP contribution in [0.25, 0.3) is 6.08 Å². The van der Waals surface area contributed by atoms with E-state index in [0.717, 1.165) is 24.8 Å². The average molecular weight is 315 g/mol. The first-order valence-electron chi connectivity index (χ1n) is 7.85. The molecule has 0 aliphatic rings. The van der Waals surface area contributed by atoms with Gasteiger partial charge in [0.05, 0.1) is 7.11 Å². The predicted molar refractivity (Wildman–Crippen MR) is 92.7 cm³/mol. The van der Waals surface area contributed by atoms with Gasteiger partial charge in [-0.05, 0) is 18.4 Å². The third-order valence-corrected chi connectivity index (χ3v) is 3.42. The van der Waals surface area contributed by atoms with Crippen molar-refractivity contribution < 1.29 is 14.3 Å². The Bertz CT molecular complexity index is 535. The molecule has 1 aromatic rings. The van der Waals surface area contributed by atoms with Crippen LogP contribution in [-0.2, 0) is 14.3 Å². The quantitative estimate of drug-likeness (QED) is 0.303. The fourth-order valence-corrected chi connectivity index (χ4v) is 2.00. The Kier molecular flexibility index (Phi) is 9.13. The molecule has 0 spiro atoms. The van der Waals surface area contributed by atoms with Crippen molar-refractivity contribution in [3.63, 3.8) is 0 Å². The summed E-state index contributed by atoms with van der Waals surface area (Å²) >= 11 is 0. The standard InChI is InChI=1S/C19H25NO3/c1-20(16-10-4-7-15-19(22)23-2)18(21)14-9-8-13-17-11-5-3-6-12-17/h3,5-6,8-9,11-14H,4,7,10,15-16H2,1-2H3/b13-8+,14-9+. The van der Waals surface area contributed by atoms with Crippen molar-refractivity contribution >= 4 is 18.0 Å². The van der Waals surface area contributed by atoms with Crippen LogP contribution < -0.4 is 0 Å². The first kappa shape index (κ1) is 18.7. The summed E-state index contributed by atoms with van der Waals surface area (Å²) in [6.45, 7) is 0.687. The van der Waals surface area contributed by atoms with Crippen molar-refractivity contribution in [1.29, 1.82) is 0 Å². The smallest absolute Gasteiger partial charge is 0.305 e. The SMILES string of the molecule is COC(=O)CCCCCN(C)C(=O)/C=C/C=C/c1ccccc1. The average Bonchev–Trinajstić information content (AvgIpc) is 2.58. The fourth-order valence-electron chi connectivity index (χ4n) is 2.00. The highest BCUT2D eigenvalue weighted by Crippen LogP contribution is 2.03. The van der Waals surface area contributed by atoms with E-state index in [4.69, 9.17) is 0 Å². The largest absolute Gasteiger partial charge is 0.469 e. The van der Waals surface area contributed by atoms with E-state index >= 15 is 0 Å². The number of likely N-dealkylation sites (N-methyl/N-ethyl adjacent to an activating group) is 1. The van der Waals surface area contributed by atoms with Crippen LogP contribution in [0.3, 0.4) is 0 Å². The molecule has 0 aromatic heterocycles. The Hall–Kier alpha value is -2.36. The molecule has 1 aromatic carbocycles. The van der Waals surface area contributed by atoms with Crippen molar-refractivity contribution in [2.24, 2.45) is 0 Å². The third kappa shape index (κ3) is 8.61. The number of carbonyl (C=O) groups is 2. The predicted octanol–water partition coefficient (Wildman–Crippen LogP) is 3.45. The van der Waals surface area contributed by atoms with Gasteiger partial charge in [0.2, 0.25) is 5.91 Å². The van der Waals surface area contributed by atoms with Crippen molar-refractivity contribution in [2.75, 3.05) is 20.7 Å². The van der Waals surface area contributed by atoms with E-state index in [1.165, 1.54) is 7.11 Å². The van der Waals surface area contributed by atoms with Crippen LogP contribution in [0.15, 0.2) is 48.6 Å². The van der Waals surface area contributed by atoms with Gasteiger partial charge in [-0.3, -0.25) is 9.59 Å². The molecule has 0 bridgehead atoms.